The van der Waals surface area contributed by atoms with Crippen molar-refractivity contribution in [3.63, 3.8) is 0 Å². The lowest BCUT2D eigenvalue weighted by atomic mass is 9.82. The zero-order valence-corrected chi connectivity index (χ0v) is 17.7. The number of fused-ring (bicyclic) bond motifs is 4. The van der Waals surface area contributed by atoms with Crippen LogP contribution >= 0.6 is 0 Å². The second-order valence-corrected chi connectivity index (χ2v) is 10.0. The third-order valence-corrected chi connectivity index (χ3v) is 8.20. The highest BCUT2D eigenvalue weighted by molar-refractivity contribution is 7.89. The first-order chi connectivity index (χ1) is 13.8. The van der Waals surface area contributed by atoms with Crippen molar-refractivity contribution in [2.75, 3.05) is 18.4 Å². The lowest BCUT2D eigenvalue weighted by molar-refractivity contribution is 0.247. The fourth-order valence-electron chi connectivity index (χ4n) is 4.64. The van der Waals surface area contributed by atoms with Gasteiger partial charge in [0.1, 0.15) is 0 Å². The summed E-state index contributed by atoms with van der Waals surface area (Å²) in [6, 6.07) is 8.51. The molecule has 1 saturated heterocycles. The highest BCUT2D eigenvalue weighted by Crippen LogP contribution is 2.45. The molecule has 0 bridgehead atoms. The van der Waals surface area contributed by atoms with Gasteiger partial charge in [0, 0.05) is 38.2 Å². The molecule has 1 N–H and O–H groups in total. The molecule has 0 saturated carbocycles. The van der Waals surface area contributed by atoms with Crippen LogP contribution in [0.25, 0.3) is 5.69 Å². The summed E-state index contributed by atoms with van der Waals surface area (Å²) in [4.78, 5) is 4.06. The predicted molar refractivity (Wildman–Crippen MR) is 112 cm³/mol. The number of aryl methyl sites for hydroxylation is 2. The molecule has 2 aromatic heterocycles. The molecule has 0 atom stereocenters. The SMILES string of the molecule is Cc1ccc2c(c1C)-n1cccc1C1(CCN(S(=O)(=O)c3cn(C)cn3)CC1)N2. The highest BCUT2D eigenvalue weighted by Gasteiger charge is 2.44. The zero-order valence-electron chi connectivity index (χ0n) is 16.9. The molecular formula is C21H25N5O2S. The summed E-state index contributed by atoms with van der Waals surface area (Å²) in [6.07, 6.45) is 6.60. The summed E-state index contributed by atoms with van der Waals surface area (Å²) in [6.45, 7) is 5.19. The first-order valence-corrected chi connectivity index (χ1v) is 11.3. The molecule has 1 fully saturated rings. The summed E-state index contributed by atoms with van der Waals surface area (Å²) < 4.78 is 31.4. The minimum Gasteiger partial charge on any atom is -0.372 e. The molecule has 0 aliphatic carbocycles. The highest BCUT2D eigenvalue weighted by atomic mass is 32.2. The van der Waals surface area contributed by atoms with Gasteiger partial charge in [0.2, 0.25) is 0 Å². The maximum absolute atomic E-state index is 13.0. The van der Waals surface area contributed by atoms with Gasteiger partial charge in [-0.05, 0) is 56.0 Å². The Morgan fingerprint density at radius 3 is 2.59 bits per heavy atom. The third kappa shape index (κ3) is 2.66. The number of nitrogens with one attached hydrogen (secondary N) is 1. The number of sulfonamides is 1. The van der Waals surface area contributed by atoms with Gasteiger partial charge in [0.05, 0.1) is 23.2 Å². The summed E-state index contributed by atoms with van der Waals surface area (Å²) in [5.41, 5.74) is 5.76. The molecule has 5 rings (SSSR count). The number of aromatic nitrogens is 3. The van der Waals surface area contributed by atoms with Crippen molar-refractivity contribution in [3.8, 4) is 5.69 Å². The van der Waals surface area contributed by atoms with E-state index in [0.717, 1.165) is 5.69 Å². The van der Waals surface area contributed by atoms with Crippen molar-refractivity contribution < 1.29 is 8.42 Å². The molecule has 152 valence electrons. The number of piperidine rings is 1. The number of nitrogens with zero attached hydrogens (tertiary/aromatic N) is 4. The Bertz CT molecular complexity index is 1200. The Morgan fingerprint density at radius 1 is 1.14 bits per heavy atom. The van der Waals surface area contributed by atoms with Gasteiger partial charge in [-0.2, -0.15) is 4.31 Å². The Labute approximate surface area is 171 Å². The maximum atomic E-state index is 13.0. The van der Waals surface area contributed by atoms with Crippen LogP contribution in [0.15, 0.2) is 48.0 Å². The van der Waals surface area contributed by atoms with Crippen molar-refractivity contribution >= 4 is 15.7 Å². The average molecular weight is 412 g/mol. The van der Waals surface area contributed by atoms with Crippen LogP contribution in [0.2, 0.25) is 0 Å². The molecule has 0 unspecified atom stereocenters. The van der Waals surface area contributed by atoms with Gasteiger partial charge in [0.25, 0.3) is 10.0 Å². The van der Waals surface area contributed by atoms with E-state index < -0.39 is 10.0 Å². The van der Waals surface area contributed by atoms with Gasteiger partial charge in [0.15, 0.2) is 5.03 Å². The van der Waals surface area contributed by atoms with E-state index in [1.807, 2.05) is 0 Å². The van der Waals surface area contributed by atoms with E-state index in [1.54, 1.807) is 22.1 Å². The van der Waals surface area contributed by atoms with Crippen LogP contribution in [0.1, 0.15) is 29.7 Å². The first kappa shape index (κ1) is 18.4. The van der Waals surface area contributed by atoms with Gasteiger partial charge >= 0.3 is 0 Å². The summed E-state index contributed by atoms with van der Waals surface area (Å²) in [5, 5.41) is 3.89. The number of hydrogen-bond acceptors (Lipinski definition) is 4. The number of anilines is 1. The van der Waals surface area contributed by atoms with Gasteiger partial charge in [-0.25, -0.2) is 13.4 Å². The third-order valence-electron chi connectivity index (χ3n) is 6.42. The van der Waals surface area contributed by atoms with E-state index in [9.17, 15) is 8.42 Å². The van der Waals surface area contributed by atoms with Crippen molar-refractivity contribution in [2.24, 2.45) is 7.05 Å². The van der Waals surface area contributed by atoms with Crippen LogP contribution < -0.4 is 5.32 Å². The topological polar surface area (TPSA) is 72.2 Å². The molecule has 29 heavy (non-hydrogen) atoms. The lowest BCUT2D eigenvalue weighted by Gasteiger charge is -2.46. The van der Waals surface area contributed by atoms with Gasteiger partial charge in [-0.15, -0.1) is 0 Å². The van der Waals surface area contributed by atoms with Crippen molar-refractivity contribution in [2.45, 2.75) is 37.3 Å². The molecule has 0 amide bonds. The van der Waals surface area contributed by atoms with Crippen LogP contribution in [0.3, 0.4) is 0 Å². The van der Waals surface area contributed by atoms with E-state index in [2.05, 4.69) is 59.2 Å². The van der Waals surface area contributed by atoms with Crippen LogP contribution in [0.5, 0.6) is 0 Å². The Hall–Kier alpha value is -2.58. The van der Waals surface area contributed by atoms with E-state index in [4.69, 9.17) is 0 Å². The lowest BCUT2D eigenvalue weighted by Crippen LogP contribution is -2.51. The van der Waals surface area contributed by atoms with Crippen molar-refractivity contribution in [1.29, 1.82) is 0 Å². The molecule has 8 heteroatoms. The molecule has 7 nitrogen and oxygen atoms in total. The summed E-state index contributed by atoms with van der Waals surface area (Å²) >= 11 is 0. The number of rotatable bonds is 2. The maximum Gasteiger partial charge on any atom is 0.262 e. The fraction of sp³-hybridized carbons (Fsp3) is 0.381. The standard InChI is InChI=1S/C21H25N5O2S/c1-15-6-7-17-20(16(15)2)26-10-4-5-18(26)21(23-17)8-11-25(12-9-21)29(27,28)19-13-24(3)14-22-19/h4-7,10,13-14,23H,8-9,11-12H2,1-3H3. The van der Waals surface area contributed by atoms with E-state index in [1.165, 1.54) is 28.8 Å². The molecule has 2 aliphatic heterocycles. The second kappa shape index (κ2) is 6.21. The van der Waals surface area contributed by atoms with Crippen LogP contribution in [-0.2, 0) is 22.6 Å². The quantitative estimate of drug-likeness (QED) is 0.704. The Balaban J connectivity index is 1.48. The number of imidazole rings is 1. The molecule has 2 aliphatic rings. The van der Waals surface area contributed by atoms with Crippen molar-refractivity contribution in [1.82, 2.24) is 18.4 Å². The molecule has 1 aromatic carbocycles. The smallest absolute Gasteiger partial charge is 0.262 e. The number of benzene rings is 1. The van der Waals surface area contributed by atoms with Gasteiger partial charge < -0.3 is 14.5 Å². The van der Waals surface area contributed by atoms with Gasteiger partial charge in [-0.1, -0.05) is 6.07 Å². The Kier molecular flexibility index (Phi) is 3.95. The largest absolute Gasteiger partial charge is 0.372 e. The molecular weight excluding hydrogens is 386 g/mol. The monoisotopic (exact) mass is 411 g/mol. The second-order valence-electron chi connectivity index (χ2n) is 8.16. The molecule has 3 aromatic rings. The number of hydrogen-bond donors (Lipinski definition) is 1. The van der Waals surface area contributed by atoms with Gasteiger partial charge in [-0.3, -0.25) is 0 Å². The summed E-state index contributed by atoms with van der Waals surface area (Å²) in [5.74, 6) is 0. The Morgan fingerprint density at radius 2 is 1.90 bits per heavy atom. The predicted octanol–water partition coefficient (Wildman–Crippen LogP) is 2.93. The van der Waals surface area contributed by atoms with E-state index in [0.29, 0.717) is 25.9 Å². The molecule has 4 heterocycles. The normalized spacial score (nSPS) is 18.3. The fourth-order valence-corrected chi connectivity index (χ4v) is 6.05. The molecule has 0 radical (unpaired) electrons. The minimum atomic E-state index is -3.57. The summed E-state index contributed by atoms with van der Waals surface area (Å²) in [7, 11) is -1.79. The van der Waals surface area contributed by atoms with Crippen molar-refractivity contribution in [3.05, 3.63) is 59.8 Å². The minimum absolute atomic E-state index is 0.118. The van der Waals surface area contributed by atoms with E-state index in [-0.39, 0.29) is 10.6 Å². The van der Waals surface area contributed by atoms with Crippen LogP contribution in [0, 0.1) is 13.8 Å². The molecule has 1 spiro atoms. The van der Waals surface area contributed by atoms with Crippen LogP contribution in [-0.4, -0.2) is 39.9 Å². The van der Waals surface area contributed by atoms with Crippen LogP contribution in [0.4, 0.5) is 5.69 Å². The first-order valence-electron chi connectivity index (χ1n) is 9.87. The van der Waals surface area contributed by atoms with E-state index >= 15 is 0 Å². The zero-order chi connectivity index (χ0) is 20.4. The average Bonchev–Trinajstić information content (AvgIpc) is 3.35.